The number of ether oxygens (including phenoxy) is 2. The molecule has 4 rings (SSSR count). The molecule has 1 amide bonds. The van der Waals surface area contributed by atoms with E-state index < -0.39 is 12.1 Å². The maximum atomic E-state index is 12.8. The zero-order valence-corrected chi connectivity index (χ0v) is 20.9. The number of rotatable bonds is 11. The average molecular weight is 493 g/mol. The van der Waals surface area contributed by atoms with E-state index in [1.165, 1.54) is 6.26 Å². The first-order chi connectivity index (χ1) is 17.5. The molecule has 2 N–H and O–H groups in total. The largest absolute Gasteiger partial charge is 0.465 e. The predicted molar refractivity (Wildman–Crippen MR) is 138 cm³/mol. The molecule has 2 aliphatic heterocycles. The summed E-state index contributed by atoms with van der Waals surface area (Å²) >= 11 is 0. The molecule has 0 bridgehead atoms. The summed E-state index contributed by atoms with van der Waals surface area (Å²) in [4.78, 5) is 27.5. The lowest BCUT2D eigenvalue weighted by molar-refractivity contribution is -0.122. The molecule has 192 valence electrons. The lowest BCUT2D eigenvalue weighted by Crippen LogP contribution is -2.51. The number of benzene rings is 1. The molecule has 2 heterocycles. The van der Waals surface area contributed by atoms with Crippen molar-refractivity contribution in [1.29, 1.82) is 0 Å². The molecular weight excluding hydrogens is 456 g/mol. The fourth-order valence-corrected chi connectivity index (χ4v) is 4.66. The Morgan fingerprint density at radius 1 is 1.11 bits per heavy atom. The summed E-state index contributed by atoms with van der Waals surface area (Å²) in [5, 5.41) is 14.2. The van der Waals surface area contributed by atoms with E-state index in [4.69, 9.17) is 9.47 Å². The van der Waals surface area contributed by atoms with Crippen LogP contribution in [0.1, 0.15) is 60.9 Å². The van der Waals surface area contributed by atoms with E-state index in [0.29, 0.717) is 30.7 Å². The highest BCUT2D eigenvalue weighted by Crippen LogP contribution is 2.28. The van der Waals surface area contributed by atoms with Gasteiger partial charge in [-0.2, -0.15) is 0 Å². The third kappa shape index (κ3) is 7.18. The topological polar surface area (TPSA) is 88.1 Å². The third-order valence-electron chi connectivity index (χ3n) is 6.77. The van der Waals surface area contributed by atoms with Gasteiger partial charge in [-0.1, -0.05) is 48.1 Å². The van der Waals surface area contributed by atoms with E-state index in [1.807, 2.05) is 43.3 Å². The summed E-state index contributed by atoms with van der Waals surface area (Å²) < 4.78 is 11.5. The number of allylic oxidation sites excluding steroid dienone is 4. The Hall–Kier alpha value is -3.16. The first-order valence-corrected chi connectivity index (χ1v) is 12.9. The summed E-state index contributed by atoms with van der Waals surface area (Å²) in [7, 11) is 0. The van der Waals surface area contributed by atoms with Gasteiger partial charge in [-0.15, -0.1) is 0 Å². The maximum Gasteiger partial charge on any atom is 0.220 e. The Balaban J connectivity index is 1.33. The standard InChI is InChI=1S/C29H36N2O5/c1-21-12-14-22(15-13-21)25(32)10-7-11-28(33)30-24(18-31-16-5-6-17-31)29(34)27-20-35-19-26(36-27)23-8-3-2-4-9-23/h2-3,8,12-15,19-20,24,29,34H,4-7,9-11,16-18H2,1H3,(H,30,33)/t24-,29-/m1/s1. The monoisotopic (exact) mass is 492 g/mol. The molecule has 0 radical (unpaired) electrons. The minimum atomic E-state index is -1.06. The molecule has 2 atom stereocenters. The van der Waals surface area contributed by atoms with Crippen LogP contribution in [0.4, 0.5) is 0 Å². The van der Waals surface area contributed by atoms with Crippen LogP contribution < -0.4 is 5.32 Å². The molecule has 1 aliphatic carbocycles. The molecule has 1 aromatic carbocycles. The Morgan fingerprint density at radius 3 is 2.61 bits per heavy atom. The van der Waals surface area contributed by atoms with Gasteiger partial charge in [0.2, 0.25) is 5.91 Å². The van der Waals surface area contributed by atoms with E-state index >= 15 is 0 Å². The Labute approximate surface area is 213 Å². The van der Waals surface area contributed by atoms with Gasteiger partial charge in [0.1, 0.15) is 18.6 Å². The van der Waals surface area contributed by atoms with Gasteiger partial charge >= 0.3 is 0 Å². The Kier molecular flexibility index (Phi) is 9.14. The lowest BCUT2D eigenvalue weighted by atomic mass is 10.0. The highest BCUT2D eigenvalue weighted by molar-refractivity contribution is 5.96. The molecule has 0 spiro atoms. The van der Waals surface area contributed by atoms with Crippen LogP contribution in [0.25, 0.3) is 0 Å². The van der Waals surface area contributed by atoms with E-state index in [1.54, 1.807) is 6.26 Å². The predicted octanol–water partition coefficient (Wildman–Crippen LogP) is 4.30. The number of carbonyl (C=O) groups excluding carboxylic acids is 2. The van der Waals surface area contributed by atoms with Crippen LogP contribution in [0.2, 0.25) is 0 Å². The number of ketones is 1. The molecule has 7 nitrogen and oxygen atoms in total. The minimum Gasteiger partial charge on any atom is -0.465 e. The van der Waals surface area contributed by atoms with Gasteiger partial charge in [-0.3, -0.25) is 9.59 Å². The van der Waals surface area contributed by atoms with Gasteiger partial charge in [0.05, 0.1) is 6.04 Å². The molecule has 3 aliphatic rings. The van der Waals surface area contributed by atoms with Crippen molar-refractivity contribution in [3.63, 3.8) is 0 Å². The number of amides is 1. The molecule has 36 heavy (non-hydrogen) atoms. The fraction of sp³-hybridized carbons (Fsp3) is 0.448. The molecule has 0 unspecified atom stereocenters. The first-order valence-electron chi connectivity index (χ1n) is 12.9. The van der Waals surface area contributed by atoms with Crippen molar-refractivity contribution < 1.29 is 24.2 Å². The van der Waals surface area contributed by atoms with E-state index in [2.05, 4.69) is 16.3 Å². The highest BCUT2D eigenvalue weighted by atomic mass is 16.6. The number of carbonyl (C=O) groups is 2. The minimum absolute atomic E-state index is 0.0283. The molecular formula is C29H36N2O5. The van der Waals surface area contributed by atoms with Crippen molar-refractivity contribution in [2.24, 2.45) is 0 Å². The molecule has 1 fully saturated rings. The second-order valence-electron chi connectivity index (χ2n) is 9.67. The second kappa shape index (κ2) is 12.7. The maximum absolute atomic E-state index is 12.8. The van der Waals surface area contributed by atoms with Crippen molar-refractivity contribution in [3.8, 4) is 0 Å². The van der Waals surface area contributed by atoms with Crippen molar-refractivity contribution in [2.75, 3.05) is 19.6 Å². The molecule has 7 heteroatoms. The van der Waals surface area contributed by atoms with Gasteiger partial charge < -0.3 is 24.8 Å². The lowest BCUT2D eigenvalue weighted by Gasteiger charge is -2.30. The van der Waals surface area contributed by atoms with Crippen LogP contribution in [0.15, 0.2) is 72.1 Å². The Morgan fingerprint density at radius 2 is 1.89 bits per heavy atom. The van der Waals surface area contributed by atoms with Gasteiger partial charge in [0.15, 0.2) is 17.3 Å². The molecule has 0 aromatic heterocycles. The summed E-state index contributed by atoms with van der Waals surface area (Å²) in [5.74, 6) is 0.697. The summed E-state index contributed by atoms with van der Waals surface area (Å²) in [6.45, 7) is 4.37. The third-order valence-corrected chi connectivity index (χ3v) is 6.77. The van der Waals surface area contributed by atoms with Crippen molar-refractivity contribution in [3.05, 3.63) is 83.2 Å². The van der Waals surface area contributed by atoms with Gasteiger partial charge in [-0.05, 0) is 57.7 Å². The fourth-order valence-electron chi connectivity index (χ4n) is 4.66. The number of aliphatic hydroxyl groups excluding tert-OH is 1. The van der Waals surface area contributed by atoms with Crippen LogP contribution in [-0.4, -0.2) is 53.5 Å². The number of likely N-dealkylation sites (tertiary alicyclic amines) is 1. The molecule has 1 aromatic rings. The number of nitrogens with one attached hydrogen (secondary N) is 1. The zero-order chi connectivity index (χ0) is 25.3. The van der Waals surface area contributed by atoms with Crippen molar-refractivity contribution in [2.45, 2.75) is 64.0 Å². The number of aryl methyl sites for hydroxylation is 1. The van der Waals surface area contributed by atoms with Gasteiger partial charge in [-0.25, -0.2) is 0 Å². The van der Waals surface area contributed by atoms with Gasteiger partial charge in [0.25, 0.3) is 0 Å². The summed E-state index contributed by atoms with van der Waals surface area (Å²) in [6, 6.07) is 6.92. The van der Waals surface area contributed by atoms with Crippen LogP contribution >= 0.6 is 0 Å². The second-order valence-corrected chi connectivity index (χ2v) is 9.67. The smallest absolute Gasteiger partial charge is 0.220 e. The molecule has 1 saturated heterocycles. The quantitative estimate of drug-likeness (QED) is 0.448. The number of hydrogen-bond donors (Lipinski definition) is 2. The van der Waals surface area contributed by atoms with E-state index in [0.717, 1.165) is 49.9 Å². The first kappa shape index (κ1) is 25.9. The van der Waals surface area contributed by atoms with Crippen molar-refractivity contribution in [1.82, 2.24) is 10.2 Å². The van der Waals surface area contributed by atoms with E-state index in [-0.39, 0.29) is 23.9 Å². The normalized spacial score (nSPS) is 19.3. The van der Waals surface area contributed by atoms with Crippen LogP contribution in [-0.2, 0) is 14.3 Å². The Bertz CT molecular complexity index is 1050. The number of aliphatic hydroxyl groups is 1. The van der Waals surface area contributed by atoms with Crippen molar-refractivity contribution >= 4 is 11.7 Å². The van der Waals surface area contributed by atoms with Crippen LogP contribution in [0.3, 0.4) is 0 Å². The average Bonchev–Trinajstić information content (AvgIpc) is 3.42. The van der Waals surface area contributed by atoms with Crippen LogP contribution in [0, 0.1) is 6.92 Å². The van der Waals surface area contributed by atoms with E-state index in [9.17, 15) is 14.7 Å². The zero-order valence-electron chi connectivity index (χ0n) is 20.9. The van der Waals surface area contributed by atoms with Crippen LogP contribution in [0.5, 0.6) is 0 Å². The molecule has 0 saturated carbocycles. The van der Waals surface area contributed by atoms with Gasteiger partial charge in [0, 0.05) is 24.9 Å². The SMILES string of the molecule is Cc1ccc(C(=O)CCCC(=O)N[C@H](CN2CCCC2)[C@@H](O)C2=COC=C(C3=CC=CCC3)O2)cc1. The summed E-state index contributed by atoms with van der Waals surface area (Å²) in [6.07, 6.45) is 12.9. The summed E-state index contributed by atoms with van der Waals surface area (Å²) in [5.41, 5.74) is 2.77. The highest BCUT2D eigenvalue weighted by Gasteiger charge is 2.31. The number of Topliss-reactive ketones (excluding diaryl/α,β-unsaturated/α-hetero) is 1. The number of hydrogen-bond acceptors (Lipinski definition) is 6. The number of nitrogens with zero attached hydrogens (tertiary/aromatic N) is 1.